The molecule has 0 fully saturated rings. The fraction of sp³-hybridized carbons (Fsp3) is 0.176. The van der Waals surface area contributed by atoms with Crippen molar-refractivity contribution in [2.75, 3.05) is 6.54 Å². The SMILES string of the molecule is c1cc(-c2ccc3c(c2)CCNC3)c2occc2c1. The predicted octanol–water partition coefficient (Wildman–Crippen LogP) is 3.75. The average molecular weight is 249 g/mol. The Bertz CT molecular complexity index is 742. The summed E-state index contributed by atoms with van der Waals surface area (Å²) in [5.41, 5.74) is 6.29. The lowest BCUT2D eigenvalue weighted by atomic mass is 9.95. The maximum atomic E-state index is 5.64. The topological polar surface area (TPSA) is 25.2 Å². The van der Waals surface area contributed by atoms with Crippen LogP contribution >= 0.6 is 0 Å². The van der Waals surface area contributed by atoms with Gasteiger partial charge < -0.3 is 9.73 Å². The maximum Gasteiger partial charge on any atom is 0.141 e. The Morgan fingerprint density at radius 1 is 1.00 bits per heavy atom. The van der Waals surface area contributed by atoms with E-state index in [9.17, 15) is 0 Å². The molecule has 4 rings (SSSR count). The van der Waals surface area contributed by atoms with Gasteiger partial charge in [-0.05, 0) is 35.7 Å². The van der Waals surface area contributed by atoms with Gasteiger partial charge in [-0.3, -0.25) is 0 Å². The van der Waals surface area contributed by atoms with Gasteiger partial charge >= 0.3 is 0 Å². The fourth-order valence-corrected chi connectivity index (χ4v) is 2.87. The van der Waals surface area contributed by atoms with Crippen LogP contribution in [-0.4, -0.2) is 6.54 Å². The third kappa shape index (κ3) is 1.76. The van der Waals surface area contributed by atoms with Crippen molar-refractivity contribution < 1.29 is 4.42 Å². The van der Waals surface area contributed by atoms with E-state index in [0.717, 1.165) is 30.5 Å². The summed E-state index contributed by atoms with van der Waals surface area (Å²) in [7, 11) is 0. The van der Waals surface area contributed by atoms with Crippen LogP contribution in [0.5, 0.6) is 0 Å². The first-order valence-corrected chi connectivity index (χ1v) is 6.71. The van der Waals surface area contributed by atoms with Gasteiger partial charge in [0.1, 0.15) is 5.58 Å². The normalized spacial score (nSPS) is 14.5. The predicted molar refractivity (Wildman–Crippen MR) is 77.1 cm³/mol. The number of hydrogen-bond donors (Lipinski definition) is 1. The van der Waals surface area contributed by atoms with Gasteiger partial charge in [0.15, 0.2) is 0 Å². The Balaban J connectivity index is 1.90. The largest absolute Gasteiger partial charge is 0.464 e. The third-order valence-corrected chi connectivity index (χ3v) is 3.88. The van der Waals surface area contributed by atoms with E-state index >= 15 is 0 Å². The van der Waals surface area contributed by atoms with Crippen LogP contribution < -0.4 is 5.32 Å². The molecule has 1 aliphatic rings. The second kappa shape index (κ2) is 4.25. The summed E-state index contributed by atoms with van der Waals surface area (Å²) >= 11 is 0. The summed E-state index contributed by atoms with van der Waals surface area (Å²) < 4.78 is 5.64. The second-order valence-electron chi connectivity index (χ2n) is 5.05. The van der Waals surface area contributed by atoms with Crippen LogP contribution in [0.1, 0.15) is 11.1 Å². The third-order valence-electron chi connectivity index (χ3n) is 3.88. The van der Waals surface area contributed by atoms with E-state index in [2.05, 4.69) is 41.7 Å². The molecular weight excluding hydrogens is 234 g/mol. The molecule has 0 saturated heterocycles. The van der Waals surface area contributed by atoms with E-state index in [0.29, 0.717) is 0 Å². The zero-order valence-electron chi connectivity index (χ0n) is 10.6. The van der Waals surface area contributed by atoms with E-state index in [1.807, 2.05) is 6.07 Å². The number of rotatable bonds is 1. The minimum absolute atomic E-state index is 0.983. The number of furan rings is 1. The van der Waals surface area contributed by atoms with Gasteiger partial charge in [-0.2, -0.15) is 0 Å². The molecule has 1 aromatic heterocycles. The van der Waals surface area contributed by atoms with Crippen molar-refractivity contribution in [1.82, 2.24) is 5.32 Å². The van der Waals surface area contributed by atoms with Gasteiger partial charge in [0.05, 0.1) is 6.26 Å². The first kappa shape index (κ1) is 10.8. The molecule has 0 atom stereocenters. The monoisotopic (exact) mass is 249 g/mol. The van der Waals surface area contributed by atoms with Crippen molar-refractivity contribution in [3.63, 3.8) is 0 Å². The minimum Gasteiger partial charge on any atom is -0.464 e. The summed E-state index contributed by atoms with van der Waals surface area (Å²) in [5.74, 6) is 0. The molecule has 3 aromatic rings. The summed E-state index contributed by atoms with van der Waals surface area (Å²) in [6.45, 7) is 2.06. The Labute approximate surface area is 112 Å². The van der Waals surface area contributed by atoms with Crippen LogP contribution in [0, 0.1) is 0 Å². The van der Waals surface area contributed by atoms with E-state index in [-0.39, 0.29) is 0 Å². The van der Waals surface area contributed by atoms with Crippen molar-refractivity contribution >= 4 is 11.0 Å². The first-order valence-electron chi connectivity index (χ1n) is 6.71. The maximum absolute atomic E-state index is 5.64. The van der Waals surface area contributed by atoms with Gasteiger partial charge in [-0.25, -0.2) is 0 Å². The highest BCUT2D eigenvalue weighted by Gasteiger charge is 2.11. The number of hydrogen-bond acceptors (Lipinski definition) is 2. The molecule has 2 aromatic carbocycles. The molecule has 0 bridgehead atoms. The molecule has 1 aliphatic heterocycles. The highest BCUT2D eigenvalue weighted by Crippen LogP contribution is 2.31. The summed E-state index contributed by atoms with van der Waals surface area (Å²) in [6, 6.07) is 15.1. The molecule has 0 radical (unpaired) electrons. The molecule has 0 aliphatic carbocycles. The lowest BCUT2D eigenvalue weighted by molar-refractivity contribution is 0.617. The number of fused-ring (bicyclic) bond motifs is 2. The van der Waals surface area contributed by atoms with E-state index in [1.54, 1.807) is 6.26 Å². The van der Waals surface area contributed by atoms with Gasteiger partial charge in [-0.15, -0.1) is 0 Å². The van der Waals surface area contributed by atoms with E-state index < -0.39 is 0 Å². The number of nitrogens with one attached hydrogen (secondary N) is 1. The highest BCUT2D eigenvalue weighted by atomic mass is 16.3. The van der Waals surface area contributed by atoms with Gasteiger partial charge in [-0.1, -0.05) is 36.4 Å². The summed E-state index contributed by atoms with van der Waals surface area (Å²) in [4.78, 5) is 0. The van der Waals surface area contributed by atoms with Gasteiger partial charge in [0, 0.05) is 17.5 Å². The highest BCUT2D eigenvalue weighted by molar-refractivity contribution is 5.92. The molecule has 0 amide bonds. The van der Waals surface area contributed by atoms with Crippen LogP contribution in [0.4, 0.5) is 0 Å². The molecule has 0 saturated carbocycles. The smallest absolute Gasteiger partial charge is 0.141 e. The average Bonchev–Trinajstić information content (AvgIpc) is 2.95. The lowest BCUT2D eigenvalue weighted by Crippen LogP contribution is -2.23. The van der Waals surface area contributed by atoms with Gasteiger partial charge in [0.25, 0.3) is 0 Å². The van der Waals surface area contributed by atoms with E-state index in [1.165, 1.54) is 22.3 Å². The van der Waals surface area contributed by atoms with Crippen LogP contribution in [-0.2, 0) is 13.0 Å². The molecule has 94 valence electrons. The molecule has 0 unspecified atom stereocenters. The quantitative estimate of drug-likeness (QED) is 0.710. The van der Waals surface area contributed by atoms with Crippen LogP contribution in [0.3, 0.4) is 0 Å². The first-order chi connectivity index (χ1) is 9.42. The number of para-hydroxylation sites is 1. The molecule has 2 nitrogen and oxygen atoms in total. The van der Waals surface area contributed by atoms with Crippen molar-refractivity contribution in [3.8, 4) is 11.1 Å². The Hall–Kier alpha value is -2.06. The molecule has 1 N–H and O–H groups in total. The van der Waals surface area contributed by atoms with Crippen molar-refractivity contribution in [3.05, 3.63) is 59.9 Å². The second-order valence-corrected chi connectivity index (χ2v) is 5.05. The Morgan fingerprint density at radius 3 is 3.00 bits per heavy atom. The zero-order chi connectivity index (χ0) is 12.7. The van der Waals surface area contributed by atoms with Gasteiger partial charge in [0.2, 0.25) is 0 Å². The Kier molecular flexibility index (Phi) is 2.42. The lowest BCUT2D eigenvalue weighted by Gasteiger charge is -2.18. The molecule has 2 heteroatoms. The molecule has 0 spiro atoms. The van der Waals surface area contributed by atoms with Crippen LogP contribution in [0.2, 0.25) is 0 Å². The summed E-state index contributed by atoms with van der Waals surface area (Å²) in [6.07, 6.45) is 2.87. The molecular formula is C17H15NO. The standard InChI is InChI=1S/C17H15NO/c1-2-12-7-9-19-17(12)16(3-1)14-4-5-15-11-18-8-6-13(15)10-14/h1-5,7,9-10,18H,6,8,11H2. The molecule has 2 heterocycles. The minimum atomic E-state index is 0.983. The van der Waals surface area contributed by atoms with Crippen LogP contribution in [0.15, 0.2) is 53.1 Å². The summed E-state index contributed by atoms with van der Waals surface area (Å²) in [5, 5.41) is 4.57. The van der Waals surface area contributed by atoms with Crippen molar-refractivity contribution in [2.45, 2.75) is 13.0 Å². The van der Waals surface area contributed by atoms with Crippen molar-refractivity contribution in [2.24, 2.45) is 0 Å². The number of benzene rings is 2. The molecule has 19 heavy (non-hydrogen) atoms. The van der Waals surface area contributed by atoms with Crippen LogP contribution in [0.25, 0.3) is 22.1 Å². The van der Waals surface area contributed by atoms with E-state index in [4.69, 9.17) is 4.42 Å². The zero-order valence-corrected chi connectivity index (χ0v) is 10.6. The fourth-order valence-electron chi connectivity index (χ4n) is 2.87. The Morgan fingerprint density at radius 2 is 2.00 bits per heavy atom. The van der Waals surface area contributed by atoms with Crippen molar-refractivity contribution in [1.29, 1.82) is 0 Å².